The number of carbonyl (C=O) groups excluding carboxylic acids is 2. The largest absolute Gasteiger partial charge is 0.464 e. The van der Waals surface area contributed by atoms with E-state index in [1.165, 1.54) is 4.90 Å². The molecule has 0 unspecified atom stereocenters. The number of hydrogen-bond acceptors (Lipinski definition) is 5. The maximum absolute atomic E-state index is 12.6. The summed E-state index contributed by atoms with van der Waals surface area (Å²) >= 11 is 0. The summed E-state index contributed by atoms with van der Waals surface area (Å²) in [4.78, 5) is 30.7. The number of pyridine rings is 1. The molecule has 0 aliphatic carbocycles. The van der Waals surface area contributed by atoms with Gasteiger partial charge in [0, 0.05) is 18.1 Å². The van der Waals surface area contributed by atoms with Crippen molar-refractivity contribution in [2.75, 3.05) is 13.7 Å². The maximum atomic E-state index is 12.6. The molecule has 0 saturated carbocycles. The quantitative estimate of drug-likeness (QED) is 0.646. The van der Waals surface area contributed by atoms with E-state index in [9.17, 15) is 9.59 Å². The number of fused-ring (bicyclic) bond motifs is 1. The molecule has 0 aliphatic rings. The van der Waals surface area contributed by atoms with Gasteiger partial charge < -0.3 is 14.1 Å². The first-order valence-corrected chi connectivity index (χ1v) is 8.68. The van der Waals surface area contributed by atoms with Crippen molar-refractivity contribution in [2.45, 2.75) is 27.3 Å². The number of nitrogens with zero attached hydrogens (tertiary/aromatic N) is 2. The van der Waals surface area contributed by atoms with Crippen molar-refractivity contribution in [3.05, 3.63) is 64.7 Å². The minimum absolute atomic E-state index is 0.302. The molecule has 6 nitrogen and oxygen atoms in total. The number of benzene rings is 1. The Labute approximate surface area is 157 Å². The fraction of sp³-hybridized carbons (Fsp3) is 0.286. The molecule has 27 heavy (non-hydrogen) atoms. The van der Waals surface area contributed by atoms with E-state index in [0.717, 1.165) is 27.9 Å². The molecule has 0 spiro atoms. The Balaban J connectivity index is 1.69. The summed E-state index contributed by atoms with van der Waals surface area (Å²) in [7, 11) is 1.64. The van der Waals surface area contributed by atoms with Gasteiger partial charge in [0.15, 0.2) is 6.61 Å². The number of esters is 1. The Morgan fingerprint density at radius 3 is 2.59 bits per heavy atom. The molecule has 1 aromatic carbocycles. The molecule has 0 N–H and O–H groups in total. The normalized spacial score (nSPS) is 10.8. The first-order valence-electron chi connectivity index (χ1n) is 8.68. The molecule has 2 heterocycles. The van der Waals surface area contributed by atoms with Crippen LogP contribution in [0.25, 0.3) is 10.9 Å². The van der Waals surface area contributed by atoms with Gasteiger partial charge in [-0.25, -0.2) is 4.79 Å². The van der Waals surface area contributed by atoms with Crippen molar-refractivity contribution in [1.29, 1.82) is 0 Å². The number of hydrogen-bond donors (Lipinski definition) is 0. The lowest BCUT2D eigenvalue weighted by atomic mass is 10.1. The van der Waals surface area contributed by atoms with Crippen LogP contribution in [0.4, 0.5) is 0 Å². The summed E-state index contributed by atoms with van der Waals surface area (Å²) in [5.74, 6) is 0.628. The third-order valence-corrected chi connectivity index (χ3v) is 4.25. The zero-order chi connectivity index (χ0) is 19.6. The number of aromatic nitrogens is 1. The molecule has 0 atom stereocenters. The predicted octanol–water partition coefficient (Wildman–Crippen LogP) is 3.57. The molecule has 0 bridgehead atoms. The second-order valence-corrected chi connectivity index (χ2v) is 6.67. The summed E-state index contributed by atoms with van der Waals surface area (Å²) < 4.78 is 10.7. The van der Waals surface area contributed by atoms with Gasteiger partial charge in [-0.05, 0) is 51.1 Å². The lowest BCUT2D eigenvalue weighted by molar-refractivity contribution is -0.133. The number of rotatable bonds is 5. The van der Waals surface area contributed by atoms with Crippen molar-refractivity contribution in [3.8, 4) is 0 Å². The lowest BCUT2D eigenvalue weighted by Gasteiger charge is -2.16. The molecule has 3 rings (SSSR count). The fourth-order valence-corrected chi connectivity index (χ4v) is 2.85. The first kappa shape index (κ1) is 18.6. The molecule has 0 aliphatic heterocycles. The summed E-state index contributed by atoms with van der Waals surface area (Å²) in [6, 6.07) is 11.1. The minimum Gasteiger partial charge on any atom is -0.464 e. The monoisotopic (exact) mass is 366 g/mol. The third-order valence-electron chi connectivity index (χ3n) is 4.25. The fourth-order valence-electron chi connectivity index (χ4n) is 2.85. The van der Waals surface area contributed by atoms with E-state index in [1.807, 2.05) is 51.1 Å². The van der Waals surface area contributed by atoms with Crippen LogP contribution in [0.2, 0.25) is 0 Å². The van der Waals surface area contributed by atoms with E-state index in [1.54, 1.807) is 13.1 Å². The van der Waals surface area contributed by atoms with Crippen LogP contribution in [0, 0.1) is 20.8 Å². The van der Waals surface area contributed by atoms with Crippen molar-refractivity contribution >= 4 is 22.8 Å². The van der Waals surface area contributed by atoms with E-state index >= 15 is 0 Å². The van der Waals surface area contributed by atoms with Gasteiger partial charge in [-0.1, -0.05) is 11.6 Å². The SMILES string of the molecule is Cc1ccc2nc(C)cc(C(=O)OCC(=O)N(C)Cc3ccc(C)o3)c2c1. The molecule has 0 fully saturated rings. The second-order valence-electron chi connectivity index (χ2n) is 6.67. The highest BCUT2D eigenvalue weighted by Crippen LogP contribution is 2.21. The molecule has 2 aromatic heterocycles. The van der Waals surface area contributed by atoms with Gasteiger partial charge in [0.1, 0.15) is 11.5 Å². The zero-order valence-electron chi connectivity index (χ0n) is 15.9. The molecule has 3 aromatic rings. The zero-order valence-corrected chi connectivity index (χ0v) is 15.9. The maximum Gasteiger partial charge on any atom is 0.339 e. The first-order chi connectivity index (χ1) is 12.8. The van der Waals surface area contributed by atoms with E-state index in [4.69, 9.17) is 9.15 Å². The minimum atomic E-state index is -0.535. The predicted molar refractivity (Wildman–Crippen MR) is 101 cm³/mol. The summed E-state index contributed by atoms with van der Waals surface area (Å²) in [6.07, 6.45) is 0. The van der Waals surface area contributed by atoms with E-state index in [2.05, 4.69) is 4.98 Å². The molecular weight excluding hydrogens is 344 g/mol. The Bertz CT molecular complexity index is 1010. The number of ether oxygens (including phenoxy) is 1. The Kier molecular flexibility index (Phi) is 5.26. The van der Waals surface area contributed by atoms with Crippen molar-refractivity contribution < 1.29 is 18.7 Å². The molecule has 0 radical (unpaired) electrons. The summed E-state index contributed by atoms with van der Waals surface area (Å²) in [6.45, 7) is 5.60. The van der Waals surface area contributed by atoms with Gasteiger partial charge in [0.25, 0.3) is 5.91 Å². The van der Waals surface area contributed by atoms with Gasteiger partial charge in [-0.3, -0.25) is 9.78 Å². The van der Waals surface area contributed by atoms with Gasteiger partial charge in [0.2, 0.25) is 0 Å². The standard InChI is InChI=1S/C21H22N2O4/c1-13-5-8-19-17(9-13)18(10-14(2)22-19)21(25)26-12-20(24)23(4)11-16-7-6-15(3)27-16/h5-10H,11-12H2,1-4H3. The number of furan rings is 1. The Morgan fingerprint density at radius 1 is 1.11 bits per heavy atom. The average Bonchev–Trinajstić information content (AvgIpc) is 3.03. The number of likely N-dealkylation sites (N-methyl/N-ethyl adjacent to an activating group) is 1. The van der Waals surface area contributed by atoms with Gasteiger partial charge >= 0.3 is 5.97 Å². The van der Waals surface area contributed by atoms with Crippen LogP contribution in [0.3, 0.4) is 0 Å². The molecular formula is C21H22N2O4. The third kappa shape index (κ3) is 4.34. The molecule has 0 saturated heterocycles. The van der Waals surface area contributed by atoms with Crippen molar-refractivity contribution in [3.63, 3.8) is 0 Å². The van der Waals surface area contributed by atoms with Crippen LogP contribution in [-0.2, 0) is 16.1 Å². The lowest BCUT2D eigenvalue weighted by Crippen LogP contribution is -2.30. The van der Waals surface area contributed by atoms with Crippen molar-refractivity contribution in [2.24, 2.45) is 0 Å². The second kappa shape index (κ2) is 7.61. The van der Waals surface area contributed by atoms with Crippen LogP contribution in [0.15, 0.2) is 40.8 Å². The van der Waals surface area contributed by atoms with Crippen LogP contribution in [0.5, 0.6) is 0 Å². The van der Waals surface area contributed by atoms with E-state index < -0.39 is 5.97 Å². The van der Waals surface area contributed by atoms with Gasteiger partial charge in [-0.15, -0.1) is 0 Å². The Morgan fingerprint density at radius 2 is 1.89 bits per heavy atom. The molecule has 6 heteroatoms. The number of amides is 1. The smallest absolute Gasteiger partial charge is 0.339 e. The molecule has 1 amide bonds. The van der Waals surface area contributed by atoms with Gasteiger partial charge in [0.05, 0.1) is 17.6 Å². The van der Waals surface area contributed by atoms with Crippen LogP contribution < -0.4 is 0 Å². The highest BCUT2D eigenvalue weighted by atomic mass is 16.5. The number of aryl methyl sites for hydroxylation is 3. The van der Waals surface area contributed by atoms with Crippen LogP contribution in [-0.4, -0.2) is 35.4 Å². The summed E-state index contributed by atoms with van der Waals surface area (Å²) in [5, 5.41) is 0.720. The van der Waals surface area contributed by atoms with E-state index in [-0.39, 0.29) is 12.5 Å². The molecule has 140 valence electrons. The highest BCUT2D eigenvalue weighted by Gasteiger charge is 2.17. The topological polar surface area (TPSA) is 72.6 Å². The Hall–Kier alpha value is -3.15. The van der Waals surface area contributed by atoms with Gasteiger partial charge in [-0.2, -0.15) is 0 Å². The summed E-state index contributed by atoms with van der Waals surface area (Å²) in [5.41, 5.74) is 2.88. The van der Waals surface area contributed by atoms with Crippen LogP contribution >= 0.6 is 0 Å². The van der Waals surface area contributed by atoms with Crippen molar-refractivity contribution in [1.82, 2.24) is 9.88 Å². The highest BCUT2D eigenvalue weighted by molar-refractivity contribution is 6.04. The van der Waals surface area contributed by atoms with Crippen LogP contribution in [0.1, 0.15) is 33.1 Å². The van der Waals surface area contributed by atoms with E-state index in [0.29, 0.717) is 17.9 Å². The average molecular weight is 366 g/mol. The number of carbonyl (C=O) groups is 2.